The molecule has 3 heterocycles. The Morgan fingerprint density at radius 3 is 2.67 bits per heavy atom. The molecule has 0 N–H and O–H groups in total. The summed E-state index contributed by atoms with van der Waals surface area (Å²) in [6, 6.07) is 1.39. The summed E-state index contributed by atoms with van der Waals surface area (Å²) < 4.78 is 5.40. The summed E-state index contributed by atoms with van der Waals surface area (Å²) in [6.45, 7) is 5.00. The number of hydrogen-bond acceptors (Lipinski definition) is 5. The molecule has 0 aliphatic carbocycles. The van der Waals surface area contributed by atoms with Gasteiger partial charge in [0, 0.05) is 32.1 Å². The standard InChI is InChI=1S/C10H16N4O/c1-7-11-12-10(15-7)6-14-8-3-9(14)5-13(2)4-8/h8-9H,3-6H2,1-2H3. The Hall–Kier alpha value is -0.940. The normalized spacial score (nSPS) is 31.6. The molecule has 2 saturated heterocycles. The zero-order valence-corrected chi connectivity index (χ0v) is 9.18. The topological polar surface area (TPSA) is 45.4 Å². The van der Waals surface area contributed by atoms with E-state index in [1.54, 1.807) is 0 Å². The highest BCUT2D eigenvalue weighted by Gasteiger charge is 2.43. The third-order valence-electron chi connectivity index (χ3n) is 3.41. The van der Waals surface area contributed by atoms with Crippen LogP contribution < -0.4 is 0 Å². The average Bonchev–Trinajstić information content (AvgIpc) is 2.60. The highest BCUT2D eigenvalue weighted by atomic mass is 16.4. The smallest absolute Gasteiger partial charge is 0.230 e. The Labute approximate surface area is 89.1 Å². The minimum Gasteiger partial charge on any atom is -0.424 e. The monoisotopic (exact) mass is 208 g/mol. The van der Waals surface area contributed by atoms with Gasteiger partial charge < -0.3 is 9.32 Å². The number of likely N-dealkylation sites (N-methyl/N-ethyl adjacent to an activating group) is 1. The summed E-state index contributed by atoms with van der Waals surface area (Å²) in [5.41, 5.74) is 0. The summed E-state index contributed by atoms with van der Waals surface area (Å²) in [4.78, 5) is 4.88. The van der Waals surface area contributed by atoms with Crippen molar-refractivity contribution in [1.29, 1.82) is 0 Å². The molecule has 0 radical (unpaired) electrons. The maximum absolute atomic E-state index is 5.40. The van der Waals surface area contributed by atoms with Crippen LogP contribution in [0.3, 0.4) is 0 Å². The van der Waals surface area contributed by atoms with Crippen LogP contribution in [0.25, 0.3) is 0 Å². The van der Waals surface area contributed by atoms with Crippen molar-refractivity contribution in [1.82, 2.24) is 20.0 Å². The van der Waals surface area contributed by atoms with E-state index in [-0.39, 0.29) is 0 Å². The molecule has 2 atom stereocenters. The Morgan fingerprint density at radius 1 is 1.33 bits per heavy atom. The van der Waals surface area contributed by atoms with Gasteiger partial charge in [0.15, 0.2) is 0 Å². The van der Waals surface area contributed by atoms with Crippen molar-refractivity contribution in [3.05, 3.63) is 11.8 Å². The van der Waals surface area contributed by atoms with E-state index in [1.165, 1.54) is 19.5 Å². The first-order chi connectivity index (χ1) is 7.22. The average molecular weight is 208 g/mol. The molecule has 3 rings (SSSR count). The fourth-order valence-corrected chi connectivity index (χ4v) is 2.71. The van der Waals surface area contributed by atoms with E-state index in [1.807, 2.05) is 6.92 Å². The molecule has 1 aromatic heterocycles. The number of aryl methyl sites for hydroxylation is 1. The van der Waals surface area contributed by atoms with Crippen LogP contribution in [0.5, 0.6) is 0 Å². The van der Waals surface area contributed by atoms with E-state index in [2.05, 4.69) is 27.0 Å². The first kappa shape index (κ1) is 9.30. The van der Waals surface area contributed by atoms with Gasteiger partial charge in [-0.25, -0.2) is 0 Å². The second-order valence-corrected chi connectivity index (χ2v) is 4.65. The molecule has 0 amide bonds. The maximum Gasteiger partial charge on any atom is 0.230 e. The van der Waals surface area contributed by atoms with Crippen LogP contribution in [-0.4, -0.2) is 52.2 Å². The lowest BCUT2D eigenvalue weighted by molar-refractivity contribution is -0.0711. The second-order valence-electron chi connectivity index (χ2n) is 4.65. The lowest BCUT2D eigenvalue weighted by Crippen LogP contribution is -2.67. The lowest BCUT2D eigenvalue weighted by atomic mass is 9.88. The summed E-state index contributed by atoms with van der Waals surface area (Å²) >= 11 is 0. The zero-order valence-electron chi connectivity index (χ0n) is 9.18. The van der Waals surface area contributed by atoms with Crippen molar-refractivity contribution in [2.45, 2.75) is 32.0 Å². The summed E-state index contributed by atoms with van der Waals surface area (Å²) in [5, 5.41) is 7.90. The molecule has 5 heteroatoms. The molecule has 2 fully saturated rings. The molecule has 2 aliphatic rings. The molecule has 15 heavy (non-hydrogen) atoms. The Balaban J connectivity index is 1.66. The fraction of sp³-hybridized carbons (Fsp3) is 0.800. The van der Waals surface area contributed by atoms with Crippen LogP contribution in [0.2, 0.25) is 0 Å². The van der Waals surface area contributed by atoms with Gasteiger partial charge in [-0.05, 0) is 13.5 Å². The summed E-state index contributed by atoms with van der Waals surface area (Å²) in [5.74, 6) is 1.42. The number of piperazine rings is 1. The van der Waals surface area contributed by atoms with Gasteiger partial charge in [0.25, 0.3) is 0 Å². The lowest BCUT2D eigenvalue weighted by Gasteiger charge is -2.55. The van der Waals surface area contributed by atoms with E-state index in [9.17, 15) is 0 Å². The molecule has 2 bridgehead atoms. The predicted molar refractivity (Wildman–Crippen MR) is 54.3 cm³/mol. The van der Waals surface area contributed by atoms with Crippen LogP contribution in [0.4, 0.5) is 0 Å². The van der Waals surface area contributed by atoms with E-state index < -0.39 is 0 Å². The Bertz CT molecular complexity index is 352. The summed E-state index contributed by atoms with van der Waals surface area (Å²) in [6.07, 6.45) is 1.33. The molecule has 2 aliphatic heterocycles. The number of fused-ring (bicyclic) bond motifs is 2. The molecule has 1 aromatic rings. The van der Waals surface area contributed by atoms with Crippen LogP contribution >= 0.6 is 0 Å². The number of piperidine rings is 1. The summed E-state index contributed by atoms with van der Waals surface area (Å²) in [7, 11) is 2.19. The van der Waals surface area contributed by atoms with Gasteiger partial charge in [-0.15, -0.1) is 10.2 Å². The molecule has 82 valence electrons. The predicted octanol–water partition coefficient (Wildman–Crippen LogP) is 0.266. The van der Waals surface area contributed by atoms with Crippen LogP contribution in [-0.2, 0) is 6.54 Å². The van der Waals surface area contributed by atoms with Gasteiger partial charge in [-0.3, -0.25) is 4.90 Å². The SMILES string of the molecule is Cc1nnc(CN2C3CC2CN(C)C3)o1. The quantitative estimate of drug-likeness (QED) is 0.698. The molecule has 0 saturated carbocycles. The molecular formula is C10H16N4O. The van der Waals surface area contributed by atoms with Gasteiger partial charge in [-0.1, -0.05) is 0 Å². The minimum atomic E-state index is 0.660. The fourth-order valence-electron chi connectivity index (χ4n) is 2.71. The zero-order chi connectivity index (χ0) is 10.4. The number of likely N-dealkylation sites (tertiary alicyclic amines) is 2. The first-order valence-electron chi connectivity index (χ1n) is 5.45. The Kier molecular flexibility index (Phi) is 2.03. The van der Waals surface area contributed by atoms with Crippen LogP contribution in [0.15, 0.2) is 4.42 Å². The van der Waals surface area contributed by atoms with Gasteiger partial charge >= 0.3 is 0 Å². The maximum atomic E-state index is 5.40. The molecular weight excluding hydrogens is 192 g/mol. The largest absolute Gasteiger partial charge is 0.424 e. The number of hydrogen-bond donors (Lipinski definition) is 0. The van der Waals surface area contributed by atoms with Gasteiger partial charge in [0.1, 0.15) is 0 Å². The van der Waals surface area contributed by atoms with Crippen molar-refractivity contribution in [2.75, 3.05) is 20.1 Å². The van der Waals surface area contributed by atoms with Crippen molar-refractivity contribution in [2.24, 2.45) is 0 Å². The molecule has 5 nitrogen and oxygen atoms in total. The second kappa shape index (κ2) is 3.28. The number of nitrogens with zero attached hydrogens (tertiary/aromatic N) is 4. The molecule has 2 unspecified atom stereocenters. The number of rotatable bonds is 2. The van der Waals surface area contributed by atoms with Crippen molar-refractivity contribution < 1.29 is 4.42 Å². The molecule has 0 spiro atoms. The highest BCUT2D eigenvalue weighted by Crippen LogP contribution is 2.32. The van der Waals surface area contributed by atoms with Crippen LogP contribution in [0, 0.1) is 6.92 Å². The van der Waals surface area contributed by atoms with E-state index >= 15 is 0 Å². The third-order valence-corrected chi connectivity index (χ3v) is 3.41. The highest BCUT2D eigenvalue weighted by molar-refractivity contribution is 5.01. The van der Waals surface area contributed by atoms with Gasteiger partial charge in [-0.2, -0.15) is 0 Å². The minimum absolute atomic E-state index is 0.660. The van der Waals surface area contributed by atoms with Crippen molar-refractivity contribution in [3.63, 3.8) is 0 Å². The van der Waals surface area contributed by atoms with E-state index in [0.717, 1.165) is 12.4 Å². The first-order valence-corrected chi connectivity index (χ1v) is 5.45. The molecule has 0 aromatic carbocycles. The van der Waals surface area contributed by atoms with E-state index in [4.69, 9.17) is 4.42 Å². The van der Waals surface area contributed by atoms with Gasteiger partial charge in [0.05, 0.1) is 6.54 Å². The number of aromatic nitrogens is 2. The third kappa shape index (κ3) is 1.55. The van der Waals surface area contributed by atoms with Crippen molar-refractivity contribution >= 4 is 0 Å². The van der Waals surface area contributed by atoms with E-state index in [0.29, 0.717) is 18.0 Å². The van der Waals surface area contributed by atoms with Crippen LogP contribution in [0.1, 0.15) is 18.2 Å². The van der Waals surface area contributed by atoms with Gasteiger partial charge in [0.2, 0.25) is 11.8 Å². The Morgan fingerprint density at radius 2 is 2.07 bits per heavy atom. The van der Waals surface area contributed by atoms with Crippen molar-refractivity contribution in [3.8, 4) is 0 Å².